The van der Waals surface area contributed by atoms with Crippen molar-refractivity contribution in [2.24, 2.45) is 5.92 Å². The molecule has 1 aromatic rings. The fourth-order valence-corrected chi connectivity index (χ4v) is 2.50. The molecular weight excluding hydrogens is 188 g/mol. The molecule has 0 bridgehead atoms. The summed E-state index contributed by atoms with van der Waals surface area (Å²) in [4.78, 5) is 4.21. The summed E-state index contributed by atoms with van der Waals surface area (Å²) < 4.78 is 5.22. The van der Waals surface area contributed by atoms with Crippen molar-refractivity contribution in [3.63, 3.8) is 0 Å². The van der Waals surface area contributed by atoms with E-state index in [2.05, 4.69) is 4.98 Å². The van der Waals surface area contributed by atoms with Crippen LogP contribution in [0.15, 0.2) is 4.42 Å². The van der Waals surface area contributed by atoms with E-state index in [1.54, 1.807) is 0 Å². The lowest BCUT2D eigenvalue weighted by Crippen LogP contribution is -2.07. The van der Waals surface area contributed by atoms with E-state index in [1.165, 1.54) is 38.5 Å². The van der Waals surface area contributed by atoms with E-state index in [-0.39, 0.29) is 0 Å². The third-order valence-electron chi connectivity index (χ3n) is 3.42. The van der Waals surface area contributed by atoms with E-state index in [1.807, 2.05) is 6.92 Å². The second kappa shape index (κ2) is 4.69. The maximum absolute atomic E-state index is 5.51. The lowest BCUT2D eigenvalue weighted by Gasteiger charge is -2.20. The Kier molecular flexibility index (Phi) is 3.29. The summed E-state index contributed by atoms with van der Waals surface area (Å²) in [5.41, 5.74) is 6.56. The first-order chi connectivity index (χ1) is 7.25. The zero-order valence-electron chi connectivity index (χ0n) is 9.46. The molecule has 1 aliphatic rings. The molecule has 1 aliphatic carbocycles. The number of hydrogen-bond acceptors (Lipinski definition) is 3. The Labute approximate surface area is 91.1 Å². The van der Waals surface area contributed by atoms with Gasteiger partial charge in [-0.2, -0.15) is 4.98 Å². The maximum Gasteiger partial charge on any atom is 0.292 e. The van der Waals surface area contributed by atoms with Gasteiger partial charge in [-0.05, 0) is 25.7 Å². The second-order valence-electron chi connectivity index (χ2n) is 4.60. The molecule has 3 heteroatoms. The molecule has 84 valence electrons. The summed E-state index contributed by atoms with van der Waals surface area (Å²) in [5.74, 6) is 1.79. The predicted octanol–water partition coefficient (Wildman–Crippen LogP) is 3.08. The van der Waals surface area contributed by atoms with Crippen LogP contribution in [-0.2, 0) is 6.42 Å². The number of aromatic nitrogens is 1. The number of anilines is 1. The Balaban J connectivity index is 1.84. The highest BCUT2D eigenvalue weighted by Crippen LogP contribution is 2.27. The largest absolute Gasteiger partial charge is 0.429 e. The van der Waals surface area contributed by atoms with Crippen LogP contribution in [0.3, 0.4) is 0 Å². The van der Waals surface area contributed by atoms with Crippen LogP contribution in [0.1, 0.15) is 50.0 Å². The Morgan fingerprint density at radius 2 is 2.07 bits per heavy atom. The molecule has 0 saturated heterocycles. The van der Waals surface area contributed by atoms with E-state index in [0.29, 0.717) is 6.01 Å². The van der Waals surface area contributed by atoms with Crippen LogP contribution >= 0.6 is 0 Å². The van der Waals surface area contributed by atoms with Crippen LogP contribution in [0.2, 0.25) is 0 Å². The van der Waals surface area contributed by atoms with Gasteiger partial charge in [0.15, 0.2) is 0 Å². The molecule has 3 nitrogen and oxygen atoms in total. The number of nitrogens with two attached hydrogens (primary N) is 1. The van der Waals surface area contributed by atoms with Gasteiger partial charge in [0, 0.05) is 0 Å². The second-order valence-corrected chi connectivity index (χ2v) is 4.60. The highest BCUT2D eigenvalue weighted by atomic mass is 16.4. The molecule has 0 aromatic carbocycles. The van der Waals surface area contributed by atoms with Gasteiger partial charge < -0.3 is 10.2 Å². The van der Waals surface area contributed by atoms with E-state index in [9.17, 15) is 0 Å². The molecule has 1 saturated carbocycles. The van der Waals surface area contributed by atoms with Gasteiger partial charge in [-0.15, -0.1) is 0 Å². The number of hydrogen-bond donors (Lipinski definition) is 1. The van der Waals surface area contributed by atoms with Crippen LogP contribution < -0.4 is 5.73 Å². The fourth-order valence-electron chi connectivity index (χ4n) is 2.50. The molecule has 0 aliphatic heterocycles. The minimum Gasteiger partial charge on any atom is -0.429 e. The van der Waals surface area contributed by atoms with Crippen molar-refractivity contribution < 1.29 is 4.42 Å². The Morgan fingerprint density at radius 1 is 1.33 bits per heavy atom. The normalized spacial score (nSPS) is 18.2. The average Bonchev–Trinajstić information content (AvgIpc) is 2.56. The smallest absolute Gasteiger partial charge is 0.292 e. The van der Waals surface area contributed by atoms with Gasteiger partial charge in [0.25, 0.3) is 6.01 Å². The van der Waals surface area contributed by atoms with Gasteiger partial charge in [0.1, 0.15) is 5.76 Å². The van der Waals surface area contributed by atoms with Crippen molar-refractivity contribution in [3.8, 4) is 0 Å². The first-order valence-electron chi connectivity index (χ1n) is 5.97. The molecular formula is C12H20N2O. The summed E-state index contributed by atoms with van der Waals surface area (Å²) in [5, 5.41) is 0. The van der Waals surface area contributed by atoms with Gasteiger partial charge in [-0.1, -0.05) is 32.1 Å². The molecule has 1 heterocycles. The molecule has 0 unspecified atom stereocenters. The topological polar surface area (TPSA) is 52.0 Å². The average molecular weight is 208 g/mol. The monoisotopic (exact) mass is 208 g/mol. The molecule has 15 heavy (non-hydrogen) atoms. The van der Waals surface area contributed by atoms with Gasteiger partial charge in [-0.3, -0.25) is 0 Å². The summed E-state index contributed by atoms with van der Waals surface area (Å²) in [6.45, 7) is 1.94. The summed E-state index contributed by atoms with van der Waals surface area (Å²) in [7, 11) is 0. The predicted molar refractivity (Wildman–Crippen MR) is 60.5 cm³/mol. The van der Waals surface area contributed by atoms with Crippen molar-refractivity contribution in [1.29, 1.82) is 0 Å². The number of nitrogen functional groups attached to an aromatic ring is 1. The van der Waals surface area contributed by atoms with Crippen molar-refractivity contribution in [2.45, 2.75) is 51.9 Å². The molecule has 0 radical (unpaired) electrons. The SMILES string of the molecule is Cc1oc(N)nc1CCC1CCCCC1. The van der Waals surface area contributed by atoms with E-state index < -0.39 is 0 Å². The highest BCUT2D eigenvalue weighted by Gasteiger charge is 2.15. The molecule has 0 amide bonds. The molecule has 0 spiro atoms. The summed E-state index contributed by atoms with van der Waals surface area (Å²) in [6.07, 6.45) is 9.30. The zero-order valence-corrected chi connectivity index (χ0v) is 9.46. The number of oxazole rings is 1. The van der Waals surface area contributed by atoms with Crippen molar-refractivity contribution in [3.05, 3.63) is 11.5 Å². The Hall–Kier alpha value is -0.990. The molecule has 1 aromatic heterocycles. The van der Waals surface area contributed by atoms with Gasteiger partial charge in [0.2, 0.25) is 0 Å². The van der Waals surface area contributed by atoms with Gasteiger partial charge in [0.05, 0.1) is 5.69 Å². The summed E-state index contributed by atoms with van der Waals surface area (Å²) in [6, 6.07) is 0.311. The molecule has 2 N–H and O–H groups in total. The maximum atomic E-state index is 5.51. The van der Waals surface area contributed by atoms with E-state index in [0.717, 1.165) is 23.8 Å². The highest BCUT2D eigenvalue weighted by molar-refractivity contribution is 5.19. The van der Waals surface area contributed by atoms with Crippen LogP contribution in [0, 0.1) is 12.8 Å². The minimum absolute atomic E-state index is 0.311. The quantitative estimate of drug-likeness (QED) is 0.830. The van der Waals surface area contributed by atoms with Crippen LogP contribution in [0.5, 0.6) is 0 Å². The van der Waals surface area contributed by atoms with E-state index >= 15 is 0 Å². The van der Waals surface area contributed by atoms with Gasteiger partial charge >= 0.3 is 0 Å². The molecule has 1 fully saturated rings. The molecule has 2 rings (SSSR count). The Bertz CT molecular complexity index is 313. The summed E-state index contributed by atoms with van der Waals surface area (Å²) >= 11 is 0. The zero-order chi connectivity index (χ0) is 10.7. The van der Waals surface area contributed by atoms with Crippen molar-refractivity contribution in [2.75, 3.05) is 5.73 Å². The lowest BCUT2D eigenvalue weighted by molar-refractivity contribution is 0.338. The number of aryl methyl sites for hydroxylation is 2. The first-order valence-corrected chi connectivity index (χ1v) is 5.97. The first kappa shape index (κ1) is 10.5. The van der Waals surface area contributed by atoms with E-state index in [4.69, 9.17) is 10.2 Å². The third-order valence-corrected chi connectivity index (χ3v) is 3.42. The van der Waals surface area contributed by atoms with Gasteiger partial charge in [-0.25, -0.2) is 0 Å². The van der Waals surface area contributed by atoms with Crippen molar-refractivity contribution in [1.82, 2.24) is 4.98 Å². The Morgan fingerprint density at radius 3 is 2.67 bits per heavy atom. The van der Waals surface area contributed by atoms with Crippen LogP contribution in [-0.4, -0.2) is 4.98 Å². The molecule has 0 atom stereocenters. The lowest BCUT2D eigenvalue weighted by atomic mass is 9.86. The van der Waals surface area contributed by atoms with Crippen LogP contribution in [0.4, 0.5) is 6.01 Å². The fraction of sp³-hybridized carbons (Fsp3) is 0.750. The number of rotatable bonds is 3. The standard InChI is InChI=1S/C12H20N2O/c1-9-11(14-12(13)15-9)8-7-10-5-3-2-4-6-10/h10H,2-8H2,1H3,(H2,13,14). The van der Waals surface area contributed by atoms with Crippen LogP contribution in [0.25, 0.3) is 0 Å². The number of nitrogens with zero attached hydrogens (tertiary/aromatic N) is 1. The minimum atomic E-state index is 0.311. The third kappa shape index (κ3) is 2.74. The van der Waals surface area contributed by atoms with Crippen molar-refractivity contribution >= 4 is 6.01 Å².